The minimum absolute atomic E-state index is 0.262. The van der Waals surface area contributed by atoms with Crippen molar-refractivity contribution in [2.45, 2.75) is 13.0 Å². The second kappa shape index (κ2) is 6.75. The predicted molar refractivity (Wildman–Crippen MR) is 87.6 cm³/mol. The monoisotopic (exact) mass is 348 g/mol. The van der Waals surface area contributed by atoms with Gasteiger partial charge in [-0.2, -0.15) is 4.98 Å². The number of rotatable bonds is 5. The fourth-order valence-electron chi connectivity index (χ4n) is 1.96. The summed E-state index contributed by atoms with van der Waals surface area (Å²) in [5, 5.41) is 6.33. The van der Waals surface area contributed by atoms with Crippen molar-refractivity contribution < 1.29 is 4.39 Å². The minimum Gasteiger partial charge on any atom is -0.344 e. The summed E-state index contributed by atoms with van der Waals surface area (Å²) in [6.45, 7) is 1.81. The van der Waals surface area contributed by atoms with Crippen LogP contribution in [-0.4, -0.2) is 29.5 Å². The molecule has 0 saturated carbocycles. The molecule has 0 aromatic carbocycles. The van der Waals surface area contributed by atoms with E-state index in [0.717, 1.165) is 12.4 Å². The number of nitrogens with zero attached hydrogens (tertiary/aromatic N) is 6. The first kappa shape index (κ1) is 16.1. The van der Waals surface area contributed by atoms with Crippen molar-refractivity contribution >= 4 is 29.2 Å². The van der Waals surface area contributed by atoms with Gasteiger partial charge in [0, 0.05) is 19.3 Å². The Bertz CT molecular complexity index is 835. The zero-order chi connectivity index (χ0) is 17.1. The number of anilines is 3. The van der Waals surface area contributed by atoms with Crippen LogP contribution in [0.3, 0.4) is 0 Å². The van der Waals surface area contributed by atoms with Gasteiger partial charge in [-0.3, -0.25) is 0 Å². The third kappa shape index (κ3) is 3.93. The Labute approximate surface area is 142 Å². The van der Waals surface area contributed by atoms with Gasteiger partial charge in [0.2, 0.25) is 5.95 Å². The van der Waals surface area contributed by atoms with Crippen LogP contribution in [-0.2, 0) is 7.05 Å². The molecule has 0 bridgehead atoms. The third-order valence-corrected chi connectivity index (χ3v) is 3.22. The summed E-state index contributed by atoms with van der Waals surface area (Å²) >= 11 is 6.03. The molecule has 0 spiro atoms. The van der Waals surface area contributed by atoms with Crippen LogP contribution in [0.1, 0.15) is 18.8 Å². The minimum atomic E-state index is -0.494. The van der Waals surface area contributed by atoms with Crippen LogP contribution in [0.4, 0.5) is 22.0 Å². The average Bonchev–Trinajstić information content (AvgIpc) is 2.92. The van der Waals surface area contributed by atoms with Gasteiger partial charge < -0.3 is 15.2 Å². The maximum Gasteiger partial charge on any atom is 0.226 e. The molecular formula is C14H14ClFN8. The lowest BCUT2D eigenvalue weighted by Gasteiger charge is -2.13. The van der Waals surface area contributed by atoms with Crippen LogP contribution < -0.4 is 10.6 Å². The van der Waals surface area contributed by atoms with E-state index >= 15 is 0 Å². The van der Waals surface area contributed by atoms with Crippen LogP contribution >= 0.6 is 11.6 Å². The van der Waals surface area contributed by atoms with Crippen LogP contribution in [0.25, 0.3) is 0 Å². The van der Waals surface area contributed by atoms with E-state index in [9.17, 15) is 4.39 Å². The molecular weight excluding hydrogens is 335 g/mol. The summed E-state index contributed by atoms with van der Waals surface area (Å²) in [5.41, 5.74) is 0. The van der Waals surface area contributed by atoms with E-state index in [1.807, 2.05) is 14.0 Å². The van der Waals surface area contributed by atoms with Gasteiger partial charge in [-0.25, -0.2) is 24.3 Å². The summed E-state index contributed by atoms with van der Waals surface area (Å²) in [7, 11) is 1.86. The topological polar surface area (TPSA) is 93.4 Å². The zero-order valence-corrected chi connectivity index (χ0v) is 13.7. The van der Waals surface area contributed by atoms with Crippen molar-refractivity contribution in [2.24, 2.45) is 7.05 Å². The van der Waals surface area contributed by atoms with E-state index in [-0.39, 0.29) is 11.2 Å². The lowest BCUT2D eigenvalue weighted by atomic mass is 10.3. The Morgan fingerprint density at radius 3 is 2.58 bits per heavy atom. The van der Waals surface area contributed by atoms with E-state index in [0.29, 0.717) is 23.4 Å². The highest BCUT2D eigenvalue weighted by molar-refractivity contribution is 6.29. The molecule has 0 aliphatic heterocycles. The van der Waals surface area contributed by atoms with Crippen LogP contribution in [0, 0.1) is 5.82 Å². The molecule has 124 valence electrons. The second-order valence-electron chi connectivity index (χ2n) is 5.07. The third-order valence-electron chi connectivity index (χ3n) is 3.03. The summed E-state index contributed by atoms with van der Waals surface area (Å²) < 4.78 is 14.7. The quantitative estimate of drug-likeness (QED) is 0.684. The van der Waals surface area contributed by atoms with Gasteiger partial charge in [-0.1, -0.05) is 11.6 Å². The normalized spacial score (nSPS) is 12.0. The lowest BCUT2D eigenvalue weighted by molar-refractivity contribution is 0.604. The van der Waals surface area contributed by atoms with Crippen LogP contribution in [0.2, 0.25) is 5.15 Å². The summed E-state index contributed by atoms with van der Waals surface area (Å²) in [6, 6.07) is 1.26. The molecule has 3 aromatic rings. The van der Waals surface area contributed by atoms with Gasteiger partial charge in [0.1, 0.15) is 22.6 Å². The first-order valence-electron chi connectivity index (χ1n) is 7.03. The van der Waals surface area contributed by atoms with Crippen molar-refractivity contribution in [1.29, 1.82) is 0 Å². The number of aryl methyl sites for hydroxylation is 1. The van der Waals surface area contributed by atoms with Crippen molar-refractivity contribution in [3.63, 3.8) is 0 Å². The van der Waals surface area contributed by atoms with E-state index in [4.69, 9.17) is 11.6 Å². The van der Waals surface area contributed by atoms with E-state index < -0.39 is 5.82 Å². The van der Waals surface area contributed by atoms with Gasteiger partial charge in [0.05, 0.1) is 24.8 Å². The van der Waals surface area contributed by atoms with Gasteiger partial charge in [-0.15, -0.1) is 0 Å². The number of aromatic nitrogens is 6. The Morgan fingerprint density at radius 2 is 1.92 bits per heavy atom. The highest BCUT2D eigenvalue weighted by Crippen LogP contribution is 2.20. The van der Waals surface area contributed by atoms with Gasteiger partial charge in [0.15, 0.2) is 5.82 Å². The predicted octanol–water partition coefficient (Wildman–Crippen LogP) is 2.71. The fourth-order valence-corrected chi connectivity index (χ4v) is 2.14. The first-order chi connectivity index (χ1) is 11.5. The standard InChI is InChI=1S/C14H14ClFN8/c1-8(13-17-4-9(16)5-18-13)20-14-21-10(15)3-11(23-14)22-12-6-24(2)7-19-12/h3-8H,1-2H3,(H2,20,21,22,23). The lowest BCUT2D eigenvalue weighted by Crippen LogP contribution is -2.13. The molecule has 10 heteroatoms. The number of imidazole rings is 1. The van der Waals surface area contributed by atoms with Crippen LogP contribution in [0.5, 0.6) is 0 Å². The Kier molecular flexibility index (Phi) is 4.52. The molecule has 0 radical (unpaired) electrons. The van der Waals surface area contributed by atoms with E-state index in [1.165, 1.54) is 0 Å². The van der Waals surface area contributed by atoms with Crippen molar-refractivity contribution in [1.82, 2.24) is 29.5 Å². The van der Waals surface area contributed by atoms with E-state index in [1.54, 1.807) is 23.2 Å². The molecule has 0 aliphatic carbocycles. The molecule has 8 nitrogen and oxygen atoms in total. The highest BCUT2D eigenvalue weighted by Gasteiger charge is 2.12. The molecule has 3 heterocycles. The molecule has 0 aliphatic rings. The first-order valence-corrected chi connectivity index (χ1v) is 7.41. The Morgan fingerprint density at radius 1 is 1.17 bits per heavy atom. The molecule has 1 atom stereocenters. The fraction of sp³-hybridized carbons (Fsp3) is 0.214. The molecule has 0 fully saturated rings. The summed E-state index contributed by atoms with van der Waals surface area (Å²) in [6.07, 6.45) is 5.68. The van der Waals surface area contributed by atoms with Crippen molar-refractivity contribution in [3.05, 3.63) is 47.8 Å². The van der Waals surface area contributed by atoms with Gasteiger partial charge in [-0.05, 0) is 6.92 Å². The summed E-state index contributed by atoms with van der Waals surface area (Å²) in [4.78, 5) is 20.4. The number of hydrogen-bond donors (Lipinski definition) is 2. The average molecular weight is 349 g/mol. The number of halogens is 2. The van der Waals surface area contributed by atoms with Gasteiger partial charge in [0.25, 0.3) is 0 Å². The molecule has 1 unspecified atom stereocenters. The van der Waals surface area contributed by atoms with Crippen LogP contribution in [0.15, 0.2) is 31.0 Å². The highest BCUT2D eigenvalue weighted by atomic mass is 35.5. The molecule has 24 heavy (non-hydrogen) atoms. The number of hydrogen-bond acceptors (Lipinski definition) is 7. The molecule has 0 amide bonds. The maximum atomic E-state index is 12.9. The van der Waals surface area contributed by atoms with Crippen molar-refractivity contribution in [3.8, 4) is 0 Å². The zero-order valence-electron chi connectivity index (χ0n) is 12.9. The molecule has 3 rings (SSSR count). The smallest absolute Gasteiger partial charge is 0.226 e. The van der Waals surface area contributed by atoms with Crippen molar-refractivity contribution in [2.75, 3.05) is 10.6 Å². The SMILES string of the molecule is CC(Nc1nc(Cl)cc(Nc2cn(C)cn2)n1)c1ncc(F)cn1. The Hall–Kier alpha value is -2.81. The maximum absolute atomic E-state index is 12.9. The Balaban J connectivity index is 1.76. The largest absolute Gasteiger partial charge is 0.344 e. The molecule has 2 N–H and O–H groups in total. The number of nitrogens with one attached hydrogen (secondary N) is 2. The van der Waals surface area contributed by atoms with Gasteiger partial charge >= 0.3 is 0 Å². The molecule has 0 saturated heterocycles. The van der Waals surface area contributed by atoms with E-state index in [2.05, 4.69) is 35.6 Å². The molecule has 3 aromatic heterocycles. The summed E-state index contributed by atoms with van der Waals surface area (Å²) in [5.74, 6) is 1.34. The second-order valence-corrected chi connectivity index (χ2v) is 5.46.